The fourth-order valence-electron chi connectivity index (χ4n) is 8.56. The number of anilines is 1. The number of rotatable bonds is 4. The Hall–Kier alpha value is -2.76. The standard InChI is InChI=1S/C25H26ClN3O5/c1-32-17-6-5-14-18(19(17)33-2)28-25-15(20(26)30)11-22(12-16(25)21(31)34-3)7-4-9-29-10-8-23(14,25)24(22,29)13-27/h5-6,12,15,28H,4,7-11H2,1-3H3/t15?,22-,23-,24+,25-/m1/s1. The van der Waals surface area contributed by atoms with Gasteiger partial charge in [-0.15, -0.1) is 0 Å². The number of esters is 1. The topological polar surface area (TPSA) is 101 Å². The molecule has 2 saturated heterocycles. The molecule has 3 spiro atoms. The third-order valence-corrected chi connectivity index (χ3v) is 9.66. The van der Waals surface area contributed by atoms with E-state index in [0.29, 0.717) is 48.6 Å². The number of hydrogen-bond donors (Lipinski definition) is 1. The van der Waals surface area contributed by atoms with Crippen molar-refractivity contribution in [1.29, 1.82) is 5.26 Å². The van der Waals surface area contributed by atoms with Crippen molar-refractivity contribution in [2.75, 3.05) is 39.7 Å². The summed E-state index contributed by atoms with van der Waals surface area (Å²) in [6.07, 6.45) is 4.48. The minimum Gasteiger partial charge on any atom is -0.493 e. The van der Waals surface area contributed by atoms with Crippen LogP contribution < -0.4 is 14.8 Å². The first-order chi connectivity index (χ1) is 16.3. The maximum Gasteiger partial charge on any atom is 0.335 e. The lowest BCUT2D eigenvalue weighted by Gasteiger charge is -2.70. The highest BCUT2D eigenvalue weighted by atomic mass is 35.5. The molecule has 3 fully saturated rings. The maximum absolute atomic E-state index is 13.4. The normalized spacial score (nSPS) is 38.6. The summed E-state index contributed by atoms with van der Waals surface area (Å²) in [5.74, 6) is -0.242. The Bertz CT molecular complexity index is 1230. The molecule has 3 heterocycles. The van der Waals surface area contributed by atoms with Gasteiger partial charge in [0.05, 0.1) is 55.5 Å². The number of nitrogens with one attached hydrogen (secondary N) is 1. The average Bonchev–Trinajstić information content (AvgIpc) is 3.36. The number of carbonyl (C=O) groups excluding carboxylic acids is 2. The molecule has 5 atom stereocenters. The summed E-state index contributed by atoms with van der Waals surface area (Å²) in [5.41, 5.74) is -1.94. The molecular formula is C25H26ClN3O5. The van der Waals surface area contributed by atoms with Crippen molar-refractivity contribution < 1.29 is 23.8 Å². The Labute approximate surface area is 202 Å². The second-order valence-corrected chi connectivity index (χ2v) is 10.4. The molecule has 1 N–H and O–H groups in total. The molecule has 1 aromatic rings. The van der Waals surface area contributed by atoms with Crippen LogP contribution in [0.1, 0.15) is 31.2 Å². The van der Waals surface area contributed by atoms with Crippen LogP contribution in [0.2, 0.25) is 0 Å². The lowest BCUT2D eigenvalue weighted by Crippen LogP contribution is -2.82. The molecule has 34 heavy (non-hydrogen) atoms. The van der Waals surface area contributed by atoms with Crippen molar-refractivity contribution in [3.8, 4) is 17.6 Å². The molecule has 7 rings (SSSR count). The highest BCUT2D eigenvalue weighted by molar-refractivity contribution is 6.64. The van der Waals surface area contributed by atoms with E-state index in [1.165, 1.54) is 7.11 Å². The first kappa shape index (κ1) is 21.8. The molecular weight excluding hydrogens is 458 g/mol. The molecule has 8 nitrogen and oxygen atoms in total. The summed E-state index contributed by atoms with van der Waals surface area (Å²) < 4.78 is 16.6. The minimum atomic E-state index is -1.25. The molecule has 0 radical (unpaired) electrons. The molecule has 0 aromatic heterocycles. The summed E-state index contributed by atoms with van der Waals surface area (Å²) in [6.45, 7) is 1.47. The van der Waals surface area contributed by atoms with Gasteiger partial charge in [0, 0.05) is 12.0 Å². The van der Waals surface area contributed by atoms with E-state index in [9.17, 15) is 14.9 Å². The maximum atomic E-state index is 13.4. The van der Waals surface area contributed by atoms with E-state index in [1.807, 2.05) is 18.2 Å². The van der Waals surface area contributed by atoms with Crippen LogP contribution in [0.25, 0.3) is 0 Å². The Morgan fingerprint density at radius 2 is 2.00 bits per heavy atom. The van der Waals surface area contributed by atoms with Gasteiger partial charge in [-0.05, 0) is 55.5 Å². The summed E-state index contributed by atoms with van der Waals surface area (Å²) in [6, 6.07) is 6.55. The number of hydrogen-bond acceptors (Lipinski definition) is 8. The predicted octanol–water partition coefficient (Wildman–Crippen LogP) is 2.75. The van der Waals surface area contributed by atoms with Crippen molar-refractivity contribution in [1.82, 2.24) is 4.90 Å². The smallest absolute Gasteiger partial charge is 0.335 e. The van der Waals surface area contributed by atoms with Gasteiger partial charge >= 0.3 is 5.97 Å². The van der Waals surface area contributed by atoms with E-state index in [0.717, 1.165) is 18.5 Å². The van der Waals surface area contributed by atoms with Gasteiger partial charge in [0.1, 0.15) is 5.54 Å². The van der Waals surface area contributed by atoms with Crippen LogP contribution in [0, 0.1) is 22.7 Å². The zero-order valence-corrected chi connectivity index (χ0v) is 20.1. The Morgan fingerprint density at radius 1 is 1.21 bits per heavy atom. The van der Waals surface area contributed by atoms with Crippen LogP contribution in [0.5, 0.6) is 11.5 Å². The van der Waals surface area contributed by atoms with Gasteiger partial charge in [-0.1, -0.05) is 12.1 Å². The number of nitriles is 1. The van der Waals surface area contributed by atoms with E-state index >= 15 is 0 Å². The van der Waals surface area contributed by atoms with E-state index < -0.39 is 39.0 Å². The molecule has 1 saturated carbocycles. The molecule has 1 aromatic carbocycles. The largest absolute Gasteiger partial charge is 0.493 e. The van der Waals surface area contributed by atoms with Crippen LogP contribution >= 0.6 is 11.6 Å². The van der Waals surface area contributed by atoms with E-state index in [1.54, 1.807) is 14.2 Å². The number of piperidine rings is 1. The van der Waals surface area contributed by atoms with E-state index in [2.05, 4.69) is 16.3 Å². The molecule has 9 heteroatoms. The summed E-state index contributed by atoms with van der Waals surface area (Å²) in [5, 5.41) is 14.1. The van der Waals surface area contributed by atoms with E-state index in [4.69, 9.17) is 25.8 Å². The van der Waals surface area contributed by atoms with Crippen molar-refractivity contribution in [3.63, 3.8) is 0 Å². The fraction of sp³-hybridized carbons (Fsp3) is 0.560. The number of benzene rings is 1. The van der Waals surface area contributed by atoms with Crippen LogP contribution in [-0.2, 0) is 19.7 Å². The first-order valence-corrected chi connectivity index (χ1v) is 11.9. The second-order valence-electron chi connectivity index (χ2n) is 9.99. The van der Waals surface area contributed by atoms with Crippen molar-refractivity contribution in [2.45, 2.75) is 42.2 Å². The van der Waals surface area contributed by atoms with Crippen LogP contribution in [0.15, 0.2) is 23.8 Å². The Balaban J connectivity index is 1.80. The van der Waals surface area contributed by atoms with Gasteiger partial charge in [-0.2, -0.15) is 5.26 Å². The molecule has 3 aliphatic heterocycles. The van der Waals surface area contributed by atoms with Crippen LogP contribution in [-0.4, -0.2) is 61.6 Å². The third-order valence-electron chi connectivity index (χ3n) is 9.40. The summed E-state index contributed by atoms with van der Waals surface area (Å²) >= 11 is 6.34. The van der Waals surface area contributed by atoms with Gasteiger partial charge < -0.3 is 19.5 Å². The highest BCUT2D eigenvalue weighted by Gasteiger charge is 2.87. The van der Waals surface area contributed by atoms with Crippen LogP contribution in [0.4, 0.5) is 5.69 Å². The molecule has 3 aliphatic carbocycles. The monoisotopic (exact) mass is 483 g/mol. The summed E-state index contributed by atoms with van der Waals surface area (Å²) in [4.78, 5) is 28.8. The Morgan fingerprint density at radius 3 is 2.65 bits per heavy atom. The number of nitrogens with zero attached hydrogens (tertiary/aromatic N) is 2. The van der Waals surface area contributed by atoms with Crippen LogP contribution in [0.3, 0.4) is 0 Å². The van der Waals surface area contributed by atoms with Crippen molar-refractivity contribution in [3.05, 3.63) is 29.3 Å². The summed E-state index contributed by atoms with van der Waals surface area (Å²) in [7, 11) is 4.46. The quantitative estimate of drug-likeness (QED) is 0.515. The lowest BCUT2D eigenvalue weighted by atomic mass is 9.35. The zero-order chi connectivity index (χ0) is 24.1. The number of fused-ring (bicyclic) bond motifs is 2. The Kier molecular flexibility index (Phi) is 4.27. The van der Waals surface area contributed by atoms with Crippen molar-refractivity contribution in [2.24, 2.45) is 11.3 Å². The molecule has 178 valence electrons. The van der Waals surface area contributed by atoms with Gasteiger partial charge in [0.15, 0.2) is 11.5 Å². The molecule has 2 bridgehead atoms. The first-order valence-electron chi connectivity index (χ1n) is 11.5. The minimum absolute atomic E-state index is 0.382. The predicted molar refractivity (Wildman–Crippen MR) is 123 cm³/mol. The lowest BCUT2D eigenvalue weighted by molar-refractivity contribution is -0.147. The van der Waals surface area contributed by atoms with Gasteiger partial charge in [0.25, 0.3) is 0 Å². The van der Waals surface area contributed by atoms with Gasteiger partial charge in [0.2, 0.25) is 5.24 Å². The SMILES string of the molecule is COC(=O)C1=C[C@@]23CCCN4CC[C@@]5(c6ccc(OC)c(OC)c6N[C@]15C(C(=O)Cl)C2)[C@@]43C#N. The van der Waals surface area contributed by atoms with E-state index in [-0.39, 0.29) is 0 Å². The fourth-order valence-corrected chi connectivity index (χ4v) is 8.80. The van der Waals surface area contributed by atoms with Gasteiger partial charge in [-0.3, -0.25) is 9.69 Å². The number of ether oxygens (including phenoxy) is 3. The number of halogens is 1. The highest BCUT2D eigenvalue weighted by Crippen LogP contribution is 2.79. The number of methoxy groups -OCH3 is 3. The molecule has 1 unspecified atom stereocenters. The van der Waals surface area contributed by atoms with Gasteiger partial charge in [-0.25, -0.2) is 4.79 Å². The number of carbonyl (C=O) groups is 2. The average molecular weight is 484 g/mol. The molecule has 6 aliphatic rings. The van der Waals surface area contributed by atoms with Crippen molar-refractivity contribution >= 4 is 28.5 Å². The third kappa shape index (κ3) is 1.92. The molecule has 0 amide bonds. The second kappa shape index (κ2) is 6.67. The zero-order valence-electron chi connectivity index (χ0n) is 19.4.